The average Bonchev–Trinajstić information content (AvgIpc) is 2.45. The number of hydrogen-bond donors (Lipinski definition) is 2. The second-order valence-electron chi connectivity index (χ2n) is 4.31. The number of morpholine rings is 1. The van der Waals surface area contributed by atoms with Crippen LogP contribution in [0.15, 0.2) is 18.6 Å². The molecule has 0 aromatic carbocycles. The number of nitrogens with one attached hydrogen (secondary N) is 2. The standard InChI is InChI=1S/C12H18N4O2/c17-12(11-10-13-3-4-14-11)15-2-1-5-16-6-8-18-9-7-16/h3-4,10H,1-2,5-9H2,(H,15,17)/p+1. The van der Waals surface area contributed by atoms with Crippen molar-refractivity contribution in [3.63, 3.8) is 0 Å². The first kappa shape index (κ1) is 12.9. The van der Waals surface area contributed by atoms with Gasteiger partial charge in [0.25, 0.3) is 5.91 Å². The van der Waals surface area contributed by atoms with Crippen LogP contribution in [0.5, 0.6) is 0 Å². The molecule has 1 fully saturated rings. The van der Waals surface area contributed by atoms with Crippen molar-refractivity contribution < 1.29 is 14.4 Å². The van der Waals surface area contributed by atoms with E-state index >= 15 is 0 Å². The number of rotatable bonds is 5. The summed E-state index contributed by atoms with van der Waals surface area (Å²) in [5, 5.41) is 2.85. The SMILES string of the molecule is O=C(NCCC[NH+]1CCOCC1)c1cnccn1. The van der Waals surface area contributed by atoms with Crippen molar-refractivity contribution in [2.75, 3.05) is 39.4 Å². The van der Waals surface area contributed by atoms with Gasteiger partial charge in [0.2, 0.25) is 0 Å². The van der Waals surface area contributed by atoms with E-state index in [4.69, 9.17) is 4.74 Å². The highest BCUT2D eigenvalue weighted by molar-refractivity contribution is 5.91. The predicted molar refractivity (Wildman–Crippen MR) is 65.4 cm³/mol. The number of amides is 1. The van der Waals surface area contributed by atoms with Crippen LogP contribution in [-0.4, -0.2) is 55.3 Å². The van der Waals surface area contributed by atoms with E-state index in [1.807, 2.05) is 0 Å². The molecule has 0 radical (unpaired) electrons. The molecular weight excluding hydrogens is 232 g/mol. The van der Waals surface area contributed by atoms with Crippen LogP contribution in [0.1, 0.15) is 16.9 Å². The van der Waals surface area contributed by atoms with Gasteiger partial charge in [0, 0.05) is 25.4 Å². The zero-order chi connectivity index (χ0) is 12.6. The highest BCUT2D eigenvalue weighted by Gasteiger charge is 2.13. The van der Waals surface area contributed by atoms with Crippen LogP contribution in [0.3, 0.4) is 0 Å². The van der Waals surface area contributed by atoms with Crippen LogP contribution in [-0.2, 0) is 4.74 Å². The lowest BCUT2D eigenvalue weighted by Crippen LogP contribution is -3.14. The molecular formula is C12H19N4O2+. The van der Waals surface area contributed by atoms with Crippen LogP contribution in [0.25, 0.3) is 0 Å². The van der Waals surface area contributed by atoms with E-state index < -0.39 is 0 Å². The van der Waals surface area contributed by atoms with Gasteiger partial charge in [-0.15, -0.1) is 0 Å². The first-order chi connectivity index (χ1) is 8.86. The molecule has 0 spiro atoms. The minimum absolute atomic E-state index is 0.153. The Morgan fingerprint density at radius 3 is 2.94 bits per heavy atom. The van der Waals surface area contributed by atoms with Crippen LogP contribution in [0, 0.1) is 0 Å². The minimum Gasteiger partial charge on any atom is -0.370 e. The van der Waals surface area contributed by atoms with Gasteiger partial charge < -0.3 is 15.0 Å². The Labute approximate surface area is 106 Å². The second-order valence-corrected chi connectivity index (χ2v) is 4.31. The fraction of sp³-hybridized carbons (Fsp3) is 0.583. The summed E-state index contributed by atoms with van der Waals surface area (Å²) in [7, 11) is 0. The van der Waals surface area contributed by atoms with Crippen LogP contribution >= 0.6 is 0 Å². The van der Waals surface area contributed by atoms with Crippen molar-refractivity contribution in [2.45, 2.75) is 6.42 Å². The summed E-state index contributed by atoms with van der Waals surface area (Å²) < 4.78 is 5.30. The third kappa shape index (κ3) is 4.05. The van der Waals surface area contributed by atoms with E-state index in [2.05, 4.69) is 15.3 Å². The number of carbonyl (C=O) groups is 1. The van der Waals surface area contributed by atoms with Crippen molar-refractivity contribution in [3.05, 3.63) is 24.3 Å². The number of ether oxygens (including phenoxy) is 1. The highest BCUT2D eigenvalue weighted by atomic mass is 16.5. The number of aromatic nitrogens is 2. The number of hydrogen-bond acceptors (Lipinski definition) is 4. The molecule has 0 bridgehead atoms. The van der Waals surface area contributed by atoms with Crippen LogP contribution in [0.2, 0.25) is 0 Å². The Hall–Kier alpha value is -1.53. The summed E-state index contributed by atoms with van der Waals surface area (Å²) in [4.78, 5) is 21.0. The summed E-state index contributed by atoms with van der Waals surface area (Å²) in [6.07, 6.45) is 5.52. The molecule has 18 heavy (non-hydrogen) atoms. The first-order valence-corrected chi connectivity index (χ1v) is 6.32. The van der Waals surface area contributed by atoms with Crippen molar-refractivity contribution in [1.29, 1.82) is 0 Å². The molecule has 6 nitrogen and oxygen atoms in total. The van der Waals surface area contributed by atoms with Gasteiger partial charge in [-0.1, -0.05) is 0 Å². The summed E-state index contributed by atoms with van der Waals surface area (Å²) in [5.41, 5.74) is 0.371. The lowest BCUT2D eigenvalue weighted by Gasteiger charge is -2.23. The zero-order valence-electron chi connectivity index (χ0n) is 10.4. The summed E-state index contributed by atoms with van der Waals surface area (Å²) in [6, 6.07) is 0. The van der Waals surface area contributed by atoms with E-state index in [1.165, 1.54) is 12.4 Å². The maximum absolute atomic E-state index is 11.7. The first-order valence-electron chi connectivity index (χ1n) is 6.32. The number of nitrogens with zero attached hydrogens (tertiary/aromatic N) is 2. The number of carbonyl (C=O) groups excluding carboxylic acids is 1. The number of quaternary nitrogens is 1. The average molecular weight is 251 g/mol. The van der Waals surface area contributed by atoms with Crippen LogP contribution < -0.4 is 10.2 Å². The van der Waals surface area contributed by atoms with Gasteiger partial charge in [0.05, 0.1) is 26.0 Å². The van der Waals surface area contributed by atoms with E-state index in [1.54, 1.807) is 11.1 Å². The third-order valence-electron chi connectivity index (χ3n) is 2.99. The maximum Gasteiger partial charge on any atom is 0.271 e. The monoisotopic (exact) mass is 251 g/mol. The Bertz CT molecular complexity index is 366. The van der Waals surface area contributed by atoms with Gasteiger partial charge in [-0.25, -0.2) is 4.98 Å². The molecule has 1 aliphatic heterocycles. The lowest BCUT2D eigenvalue weighted by molar-refractivity contribution is -0.908. The summed E-state index contributed by atoms with van der Waals surface area (Å²) in [5.74, 6) is -0.153. The predicted octanol–water partition coefficient (Wildman–Crippen LogP) is -1.49. The molecule has 98 valence electrons. The largest absolute Gasteiger partial charge is 0.370 e. The molecule has 0 aliphatic carbocycles. The van der Waals surface area contributed by atoms with Gasteiger partial charge in [-0.3, -0.25) is 9.78 Å². The highest BCUT2D eigenvalue weighted by Crippen LogP contribution is 1.89. The topological polar surface area (TPSA) is 68.5 Å². The molecule has 1 saturated heterocycles. The molecule has 1 aromatic rings. The minimum atomic E-state index is -0.153. The molecule has 1 amide bonds. The second kappa shape index (κ2) is 7.03. The molecule has 6 heteroatoms. The van der Waals surface area contributed by atoms with Crippen molar-refractivity contribution in [3.8, 4) is 0 Å². The Morgan fingerprint density at radius 1 is 1.39 bits per heavy atom. The molecule has 2 heterocycles. The quantitative estimate of drug-likeness (QED) is 0.626. The fourth-order valence-electron chi connectivity index (χ4n) is 1.96. The van der Waals surface area contributed by atoms with E-state index in [0.29, 0.717) is 12.2 Å². The molecule has 0 saturated carbocycles. The Balaban J connectivity index is 1.62. The molecule has 1 aromatic heterocycles. The van der Waals surface area contributed by atoms with Gasteiger partial charge in [-0.05, 0) is 0 Å². The summed E-state index contributed by atoms with van der Waals surface area (Å²) in [6.45, 7) is 5.59. The van der Waals surface area contributed by atoms with Crippen molar-refractivity contribution >= 4 is 5.91 Å². The molecule has 0 atom stereocenters. The normalized spacial score (nSPS) is 16.4. The Morgan fingerprint density at radius 2 is 2.22 bits per heavy atom. The Kier molecular flexibility index (Phi) is 5.04. The third-order valence-corrected chi connectivity index (χ3v) is 2.99. The smallest absolute Gasteiger partial charge is 0.271 e. The molecule has 2 rings (SSSR count). The van der Waals surface area contributed by atoms with Crippen molar-refractivity contribution in [2.24, 2.45) is 0 Å². The maximum atomic E-state index is 11.7. The van der Waals surface area contributed by atoms with Crippen LogP contribution in [0.4, 0.5) is 0 Å². The van der Waals surface area contributed by atoms with Gasteiger partial charge in [0.1, 0.15) is 18.8 Å². The lowest BCUT2D eigenvalue weighted by atomic mass is 10.3. The molecule has 2 N–H and O–H groups in total. The van der Waals surface area contributed by atoms with Gasteiger partial charge in [0.15, 0.2) is 0 Å². The van der Waals surface area contributed by atoms with E-state index in [0.717, 1.165) is 39.3 Å². The van der Waals surface area contributed by atoms with Gasteiger partial charge >= 0.3 is 0 Å². The molecule has 1 aliphatic rings. The van der Waals surface area contributed by atoms with Crippen molar-refractivity contribution in [1.82, 2.24) is 15.3 Å². The van der Waals surface area contributed by atoms with E-state index in [9.17, 15) is 4.79 Å². The summed E-state index contributed by atoms with van der Waals surface area (Å²) >= 11 is 0. The zero-order valence-corrected chi connectivity index (χ0v) is 10.4. The van der Waals surface area contributed by atoms with E-state index in [-0.39, 0.29) is 5.91 Å². The van der Waals surface area contributed by atoms with Gasteiger partial charge in [-0.2, -0.15) is 0 Å². The molecule has 0 unspecified atom stereocenters. The fourth-order valence-corrected chi connectivity index (χ4v) is 1.96.